The van der Waals surface area contributed by atoms with Crippen LogP contribution in [0.25, 0.3) is 0 Å². The summed E-state index contributed by atoms with van der Waals surface area (Å²) >= 11 is 0. The molecule has 1 rings (SSSR count). The van der Waals surface area contributed by atoms with Gasteiger partial charge in [-0.2, -0.15) is 10.2 Å². The third-order valence-electron chi connectivity index (χ3n) is 2.25. The predicted molar refractivity (Wildman–Crippen MR) is 60.5 cm³/mol. The summed E-state index contributed by atoms with van der Waals surface area (Å²) < 4.78 is 4.52. The number of carbonyl (C=O) groups is 2. The van der Waals surface area contributed by atoms with Crippen LogP contribution >= 0.6 is 0 Å². The van der Waals surface area contributed by atoms with Crippen molar-refractivity contribution in [3.8, 4) is 0 Å². The molecule has 1 aromatic heterocycles. The molecule has 0 bridgehead atoms. The first-order valence-corrected chi connectivity index (χ1v) is 5.15. The van der Waals surface area contributed by atoms with Crippen molar-refractivity contribution in [1.82, 2.24) is 15.5 Å². The molecule has 0 aliphatic heterocycles. The third-order valence-corrected chi connectivity index (χ3v) is 2.25. The summed E-state index contributed by atoms with van der Waals surface area (Å²) in [5.74, 6) is -0.854. The third kappa shape index (κ3) is 3.24. The summed E-state index contributed by atoms with van der Waals surface area (Å²) in [6.07, 6.45) is 0. The van der Waals surface area contributed by atoms with Crippen LogP contribution in [0.1, 0.15) is 28.7 Å². The maximum absolute atomic E-state index is 11.9. The maximum Gasteiger partial charge on any atom is 0.328 e. The minimum atomic E-state index is -0.694. The normalized spacial score (nSPS) is 11.8. The van der Waals surface area contributed by atoms with Gasteiger partial charge in [-0.3, -0.25) is 4.79 Å². The maximum atomic E-state index is 11.9. The molecule has 0 aliphatic carbocycles. The van der Waals surface area contributed by atoms with Crippen LogP contribution in [0.4, 0.5) is 0 Å². The highest BCUT2D eigenvalue weighted by atomic mass is 16.5. The zero-order valence-electron chi connectivity index (χ0n) is 10.3. The number of hydrogen-bond donors (Lipinski definition) is 1. The second-order valence-corrected chi connectivity index (χ2v) is 3.70. The summed E-state index contributed by atoms with van der Waals surface area (Å²) in [6.45, 7) is 4.98. The van der Waals surface area contributed by atoms with E-state index in [1.54, 1.807) is 26.8 Å². The standard InChI is InChI=1S/C11H15N3O3/c1-6-5-9(7(2)14-13-6)10(15)12-8(3)11(16)17-4/h5,8H,1-4H3,(H,12,15). The minimum absolute atomic E-state index is 0.363. The number of nitrogens with zero attached hydrogens (tertiary/aromatic N) is 2. The molecule has 17 heavy (non-hydrogen) atoms. The molecule has 6 heteroatoms. The van der Waals surface area contributed by atoms with Gasteiger partial charge in [0, 0.05) is 0 Å². The number of esters is 1. The molecule has 0 aliphatic rings. The van der Waals surface area contributed by atoms with Gasteiger partial charge in [0.25, 0.3) is 5.91 Å². The monoisotopic (exact) mass is 237 g/mol. The number of rotatable bonds is 3. The van der Waals surface area contributed by atoms with E-state index in [1.165, 1.54) is 7.11 Å². The van der Waals surface area contributed by atoms with Crippen molar-refractivity contribution in [3.05, 3.63) is 23.0 Å². The number of amides is 1. The van der Waals surface area contributed by atoms with Gasteiger partial charge in [0.05, 0.1) is 24.1 Å². The molecule has 0 fully saturated rings. The zero-order valence-corrected chi connectivity index (χ0v) is 10.3. The molecule has 1 atom stereocenters. The Morgan fingerprint density at radius 1 is 1.35 bits per heavy atom. The fraction of sp³-hybridized carbons (Fsp3) is 0.455. The summed E-state index contributed by atoms with van der Waals surface area (Å²) in [5.41, 5.74) is 1.57. The highest BCUT2D eigenvalue weighted by molar-refractivity contribution is 5.97. The Morgan fingerprint density at radius 2 is 2.00 bits per heavy atom. The van der Waals surface area contributed by atoms with E-state index in [0.717, 1.165) is 0 Å². The first-order chi connectivity index (χ1) is 7.95. The number of carbonyl (C=O) groups excluding carboxylic acids is 2. The van der Waals surface area contributed by atoms with E-state index in [-0.39, 0.29) is 5.91 Å². The molecule has 92 valence electrons. The molecular weight excluding hydrogens is 222 g/mol. The van der Waals surface area contributed by atoms with Crippen molar-refractivity contribution in [3.63, 3.8) is 0 Å². The number of nitrogens with one attached hydrogen (secondary N) is 1. The molecular formula is C11H15N3O3. The van der Waals surface area contributed by atoms with E-state index in [9.17, 15) is 9.59 Å². The first kappa shape index (κ1) is 13.1. The molecule has 1 unspecified atom stereocenters. The molecule has 1 amide bonds. The number of hydrogen-bond acceptors (Lipinski definition) is 5. The molecule has 1 aromatic rings. The van der Waals surface area contributed by atoms with E-state index >= 15 is 0 Å². The highest BCUT2D eigenvalue weighted by Crippen LogP contribution is 2.05. The van der Waals surface area contributed by atoms with Gasteiger partial charge in [-0.05, 0) is 26.8 Å². The van der Waals surface area contributed by atoms with Gasteiger partial charge in [-0.25, -0.2) is 4.79 Å². The lowest BCUT2D eigenvalue weighted by Crippen LogP contribution is -2.39. The Balaban J connectivity index is 2.83. The van der Waals surface area contributed by atoms with Gasteiger partial charge in [0.1, 0.15) is 6.04 Å². The van der Waals surface area contributed by atoms with Crippen LogP contribution < -0.4 is 5.32 Å². The largest absolute Gasteiger partial charge is 0.467 e. The lowest BCUT2D eigenvalue weighted by Gasteiger charge is -2.12. The minimum Gasteiger partial charge on any atom is -0.467 e. The lowest BCUT2D eigenvalue weighted by molar-refractivity contribution is -0.142. The molecule has 0 saturated carbocycles. The van der Waals surface area contributed by atoms with E-state index in [1.807, 2.05) is 0 Å². The van der Waals surface area contributed by atoms with Crippen LogP contribution in [0.3, 0.4) is 0 Å². The zero-order chi connectivity index (χ0) is 13.0. The summed E-state index contributed by atoms with van der Waals surface area (Å²) in [6, 6.07) is 0.933. The Labute approximate surface area is 99.4 Å². The van der Waals surface area contributed by atoms with Crippen molar-refractivity contribution >= 4 is 11.9 Å². The van der Waals surface area contributed by atoms with E-state index in [0.29, 0.717) is 17.0 Å². The fourth-order valence-corrected chi connectivity index (χ4v) is 1.29. The molecule has 6 nitrogen and oxygen atoms in total. The Morgan fingerprint density at radius 3 is 2.59 bits per heavy atom. The van der Waals surface area contributed by atoms with Gasteiger partial charge in [-0.1, -0.05) is 0 Å². The second kappa shape index (κ2) is 5.38. The van der Waals surface area contributed by atoms with Crippen LogP contribution in [-0.2, 0) is 9.53 Å². The second-order valence-electron chi connectivity index (χ2n) is 3.70. The molecule has 1 heterocycles. The van der Waals surface area contributed by atoms with Gasteiger partial charge >= 0.3 is 5.97 Å². The van der Waals surface area contributed by atoms with Crippen LogP contribution in [-0.4, -0.2) is 35.2 Å². The van der Waals surface area contributed by atoms with Gasteiger partial charge in [0.15, 0.2) is 0 Å². The molecule has 0 saturated heterocycles. The number of ether oxygens (including phenoxy) is 1. The van der Waals surface area contributed by atoms with Crippen LogP contribution in [0.2, 0.25) is 0 Å². The Bertz CT molecular complexity index is 446. The first-order valence-electron chi connectivity index (χ1n) is 5.15. The number of methoxy groups -OCH3 is 1. The predicted octanol–water partition coefficient (Wildman–Crippen LogP) is 0.385. The molecule has 1 N–H and O–H groups in total. The highest BCUT2D eigenvalue weighted by Gasteiger charge is 2.18. The average molecular weight is 237 g/mol. The van der Waals surface area contributed by atoms with Gasteiger partial charge in [-0.15, -0.1) is 0 Å². The molecule has 0 aromatic carbocycles. The van der Waals surface area contributed by atoms with Crippen molar-refractivity contribution in [2.45, 2.75) is 26.8 Å². The molecule has 0 radical (unpaired) electrons. The Hall–Kier alpha value is -1.98. The van der Waals surface area contributed by atoms with E-state index < -0.39 is 12.0 Å². The smallest absolute Gasteiger partial charge is 0.328 e. The van der Waals surface area contributed by atoms with E-state index in [4.69, 9.17) is 0 Å². The van der Waals surface area contributed by atoms with Crippen LogP contribution in [0, 0.1) is 13.8 Å². The lowest BCUT2D eigenvalue weighted by atomic mass is 10.1. The fourth-order valence-electron chi connectivity index (χ4n) is 1.29. The quantitative estimate of drug-likeness (QED) is 0.769. The van der Waals surface area contributed by atoms with Crippen molar-refractivity contribution < 1.29 is 14.3 Å². The van der Waals surface area contributed by atoms with Crippen molar-refractivity contribution in [2.75, 3.05) is 7.11 Å². The molecule has 0 spiro atoms. The van der Waals surface area contributed by atoms with Gasteiger partial charge in [0.2, 0.25) is 0 Å². The SMILES string of the molecule is COC(=O)C(C)NC(=O)c1cc(C)nnc1C. The van der Waals surface area contributed by atoms with Crippen molar-refractivity contribution in [2.24, 2.45) is 0 Å². The summed E-state index contributed by atoms with van der Waals surface area (Å²) in [4.78, 5) is 23.0. The topological polar surface area (TPSA) is 81.2 Å². The van der Waals surface area contributed by atoms with E-state index in [2.05, 4.69) is 20.3 Å². The summed E-state index contributed by atoms with van der Waals surface area (Å²) in [5, 5.41) is 10.2. The van der Waals surface area contributed by atoms with Gasteiger partial charge < -0.3 is 10.1 Å². The van der Waals surface area contributed by atoms with Crippen LogP contribution in [0.15, 0.2) is 6.07 Å². The van der Waals surface area contributed by atoms with Crippen LogP contribution in [0.5, 0.6) is 0 Å². The summed E-state index contributed by atoms with van der Waals surface area (Å²) in [7, 11) is 1.27. The Kier molecular flexibility index (Phi) is 4.14. The number of aryl methyl sites for hydroxylation is 2. The number of aromatic nitrogens is 2. The average Bonchev–Trinajstić information content (AvgIpc) is 2.30. The van der Waals surface area contributed by atoms with Crippen molar-refractivity contribution in [1.29, 1.82) is 0 Å².